The van der Waals surface area contributed by atoms with E-state index in [1.807, 2.05) is 6.92 Å². The molecule has 0 radical (unpaired) electrons. The van der Waals surface area contributed by atoms with Crippen LogP contribution in [-0.2, 0) is 9.53 Å². The molecular weight excluding hydrogens is 154 g/mol. The molecule has 1 saturated heterocycles. The number of carbonyl (C=O) groups is 1. The quantitative estimate of drug-likeness (QED) is 0.622. The Labute approximate surface area is 72.8 Å². The first kappa shape index (κ1) is 9.26. The summed E-state index contributed by atoms with van der Waals surface area (Å²) in [6, 6.07) is 0.308. The molecule has 12 heavy (non-hydrogen) atoms. The lowest BCUT2D eigenvalue weighted by Gasteiger charge is -2.22. The van der Waals surface area contributed by atoms with Crippen LogP contribution in [0.4, 0.5) is 0 Å². The zero-order valence-electron chi connectivity index (χ0n) is 7.38. The minimum absolute atomic E-state index is 0.00407. The molecule has 0 aromatic rings. The maximum atomic E-state index is 11.1. The molecule has 0 aromatic carbocycles. The molecule has 0 aliphatic carbocycles. The van der Waals surface area contributed by atoms with Crippen LogP contribution in [0.3, 0.4) is 0 Å². The van der Waals surface area contributed by atoms with E-state index in [0.29, 0.717) is 6.04 Å². The van der Waals surface area contributed by atoms with Gasteiger partial charge >= 0.3 is 0 Å². The van der Waals surface area contributed by atoms with Gasteiger partial charge in [0.05, 0.1) is 0 Å². The summed E-state index contributed by atoms with van der Waals surface area (Å²) >= 11 is 0. The Bertz CT molecular complexity index is 171. The second kappa shape index (κ2) is 4.93. The van der Waals surface area contributed by atoms with Crippen molar-refractivity contribution in [2.45, 2.75) is 25.8 Å². The Morgan fingerprint density at radius 3 is 2.75 bits per heavy atom. The lowest BCUT2D eigenvalue weighted by Crippen LogP contribution is -2.37. The van der Waals surface area contributed by atoms with Crippen molar-refractivity contribution in [1.29, 1.82) is 0 Å². The van der Waals surface area contributed by atoms with E-state index in [2.05, 4.69) is 5.32 Å². The van der Waals surface area contributed by atoms with Crippen molar-refractivity contribution < 1.29 is 9.53 Å². The summed E-state index contributed by atoms with van der Waals surface area (Å²) in [6.45, 7) is 3.37. The number of amides is 1. The number of ether oxygens (including phenoxy) is 1. The Morgan fingerprint density at radius 2 is 2.17 bits per heavy atom. The topological polar surface area (TPSA) is 38.3 Å². The zero-order chi connectivity index (χ0) is 8.81. The summed E-state index contributed by atoms with van der Waals surface area (Å²) in [5, 5.41) is 2.91. The van der Waals surface area contributed by atoms with E-state index in [1.54, 1.807) is 12.2 Å². The Balaban J connectivity index is 2.24. The fraction of sp³-hybridized carbons (Fsp3) is 0.667. The SMILES string of the molecule is C/C=C/C(=O)NC1CCOCC1. The van der Waals surface area contributed by atoms with Gasteiger partial charge in [0.1, 0.15) is 0 Å². The maximum Gasteiger partial charge on any atom is 0.243 e. The third-order valence-electron chi connectivity index (χ3n) is 1.89. The van der Waals surface area contributed by atoms with E-state index >= 15 is 0 Å². The van der Waals surface area contributed by atoms with E-state index in [1.165, 1.54) is 0 Å². The molecule has 0 unspecified atom stereocenters. The largest absolute Gasteiger partial charge is 0.381 e. The lowest BCUT2D eigenvalue weighted by molar-refractivity contribution is -0.117. The van der Waals surface area contributed by atoms with Gasteiger partial charge in [-0.2, -0.15) is 0 Å². The standard InChI is InChI=1S/C9H15NO2/c1-2-3-9(11)10-8-4-6-12-7-5-8/h2-3,8H,4-7H2,1H3,(H,10,11)/b3-2+. The smallest absolute Gasteiger partial charge is 0.243 e. The van der Waals surface area contributed by atoms with Crippen molar-refractivity contribution in [3.05, 3.63) is 12.2 Å². The summed E-state index contributed by atoms with van der Waals surface area (Å²) in [7, 11) is 0. The second-order valence-electron chi connectivity index (χ2n) is 2.90. The fourth-order valence-electron chi connectivity index (χ4n) is 1.24. The average Bonchev–Trinajstić information content (AvgIpc) is 2.06. The van der Waals surface area contributed by atoms with Gasteiger partial charge in [0.2, 0.25) is 5.91 Å². The molecule has 0 aromatic heterocycles. The molecule has 0 bridgehead atoms. The van der Waals surface area contributed by atoms with E-state index in [4.69, 9.17) is 4.74 Å². The van der Waals surface area contributed by atoms with E-state index < -0.39 is 0 Å². The molecule has 68 valence electrons. The molecule has 3 heteroatoms. The van der Waals surface area contributed by atoms with Crippen molar-refractivity contribution >= 4 is 5.91 Å². The number of carbonyl (C=O) groups excluding carboxylic acids is 1. The normalized spacial score (nSPS) is 19.8. The van der Waals surface area contributed by atoms with E-state index in [-0.39, 0.29) is 5.91 Å². The van der Waals surface area contributed by atoms with Gasteiger partial charge in [-0.05, 0) is 25.8 Å². The van der Waals surface area contributed by atoms with Crippen LogP contribution in [0.1, 0.15) is 19.8 Å². The first-order valence-corrected chi connectivity index (χ1v) is 4.34. The molecule has 0 spiro atoms. The maximum absolute atomic E-state index is 11.1. The van der Waals surface area contributed by atoms with Gasteiger partial charge in [0, 0.05) is 19.3 Å². The van der Waals surface area contributed by atoms with Crippen LogP contribution >= 0.6 is 0 Å². The number of nitrogens with one attached hydrogen (secondary N) is 1. The van der Waals surface area contributed by atoms with Crippen molar-refractivity contribution in [2.75, 3.05) is 13.2 Å². The van der Waals surface area contributed by atoms with Crippen LogP contribution in [-0.4, -0.2) is 25.2 Å². The van der Waals surface area contributed by atoms with Gasteiger partial charge < -0.3 is 10.1 Å². The highest BCUT2D eigenvalue weighted by Crippen LogP contribution is 2.05. The number of rotatable bonds is 2. The summed E-state index contributed by atoms with van der Waals surface area (Å²) in [6.07, 6.45) is 5.16. The molecule has 1 amide bonds. The van der Waals surface area contributed by atoms with Crippen LogP contribution in [0.5, 0.6) is 0 Å². The third kappa shape index (κ3) is 3.05. The van der Waals surface area contributed by atoms with E-state index in [0.717, 1.165) is 26.1 Å². The predicted octanol–water partition coefficient (Wildman–Crippen LogP) is 0.858. The van der Waals surface area contributed by atoms with Crippen LogP contribution in [0.25, 0.3) is 0 Å². The highest BCUT2D eigenvalue weighted by atomic mass is 16.5. The molecule has 1 rings (SSSR count). The van der Waals surface area contributed by atoms with Crippen molar-refractivity contribution in [1.82, 2.24) is 5.32 Å². The molecule has 1 heterocycles. The molecule has 1 N–H and O–H groups in total. The Morgan fingerprint density at radius 1 is 1.50 bits per heavy atom. The summed E-state index contributed by atoms with van der Waals surface area (Å²) in [4.78, 5) is 11.1. The van der Waals surface area contributed by atoms with Crippen LogP contribution in [0, 0.1) is 0 Å². The zero-order valence-corrected chi connectivity index (χ0v) is 7.38. The molecule has 0 saturated carbocycles. The predicted molar refractivity (Wildman–Crippen MR) is 46.8 cm³/mol. The lowest BCUT2D eigenvalue weighted by atomic mass is 10.1. The number of allylic oxidation sites excluding steroid dienone is 1. The minimum atomic E-state index is 0.00407. The average molecular weight is 169 g/mol. The fourth-order valence-corrected chi connectivity index (χ4v) is 1.24. The van der Waals surface area contributed by atoms with Crippen molar-refractivity contribution in [2.24, 2.45) is 0 Å². The highest BCUT2D eigenvalue weighted by molar-refractivity contribution is 5.87. The van der Waals surface area contributed by atoms with Crippen LogP contribution in [0.2, 0.25) is 0 Å². The third-order valence-corrected chi connectivity index (χ3v) is 1.89. The Hall–Kier alpha value is -0.830. The highest BCUT2D eigenvalue weighted by Gasteiger charge is 2.14. The summed E-state index contributed by atoms with van der Waals surface area (Å²) in [5.74, 6) is 0.00407. The first-order chi connectivity index (χ1) is 5.83. The Kier molecular flexibility index (Phi) is 3.80. The molecule has 0 atom stereocenters. The summed E-state index contributed by atoms with van der Waals surface area (Å²) in [5.41, 5.74) is 0. The van der Waals surface area contributed by atoms with E-state index in [9.17, 15) is 4.79 Å². The summed E-state index contributed by atoms with van der Waals surface area (Å²) < 4.78 is 5.17. The number of hydrogen-bond donors (Lipinski definition) is 1. The molecule has 3 nitrogen and oxygen atoms in total. The molecule has 1 fully saturated rings. The number of hydrogen-bond acceptors (Lipinski definition) is 2. The van der Waals surface area contributed by atoms with Gasteiger partial charge in [-0.3, -0.25) is 4.79 Å². The van der Waals surface area contributed by atoms with Crippen molar-refractivity contribution in [3.8, 4) is 0 Å². The monoisotopic (exact) mass is 169 g/mol. The van der Waals surface area contributed by atoms with Gasteiger partial charge in [0.15, 0.2) is 0 Å². The molecule has 1 aliphatic heterocycles. The molecule has 1 aliphatic rings. The van der Waals surface area contributed by atoms with Crippen LogP contribution < -0.4 is 5.32 Å². The van der Waals surface area contributed by atoms with Gasteiger partial charge in [-0.25, -0.2) is 0 Å². The molecular formula is C9H15NO2. The minimum Gasteiger partial charge on any atom is -0.381 e. The van der Waals surface area contributed by atoms with Gasteiger partial charge in [-0.15, -0.1) is 0 Å². The van der Waals surface area contributed by atoms with Gasteiger partial charge in [-0.1, -0.05) is 6.08 Å². The van der Waals surface area contributed by atoms with Crippen molar-refractivity contribution in [3.63, 3.8) is 0 Å². The van der Waals surface area contributed by atoms with Gasteiger partial charge in [0.25, 0.3) is 0 Å². The second-order valence-corrected chi connectivity index (χ2v) is 2.90. The van der Waals surface area contributed by atoms with Crippen LogP contribution in [0.15, 0.2) is 12.2 Å². The first-order valence-electron chi connectivity index (χ1n) is 4.34.